The average molecular weight is 340 g/mol. The van der Waals surface area contributed by atoms with E-state index in [-0.39, 0.29) is 0 Å². The maximum atomic E-state index is 12.4. The molecule has 0 aliphatic heterocycles. The lowest BCUT2D eigenvalue weighted by molar-refractivity contribution is 0.600. The van der Waals surface area contributed by atoms with Crippen molar-refractivity contribution in [3.63, 3.8) is 0 Å². The first-order valence-electron chi connectivity index (χ1n) is 5.77. The highest BCUT2D eigenvalue weighted by Gasteiger charge is 2.17. The van der Waals surface area contributed by atoms with Gasteiger partial charge in [-0.2, -0.15) is 0 Å². The summed E-state index contributed by atoms with van der Waals surface area (Å²) in [5, 5.41) is 0.597. The van der Waals surface area contributed by atoms with Crippen molar-refractivity contribution in [2.45, 2.75) is 17.1 Å². The van der Waals surface area contributed by atoms with Gasteiger partial charge in [0.05, 0.1) is 10.6 Å². The summed E-state index contributed by atoms with van der Waals surface area (Å²) in [6.07, 6.45) is 0. The van der Waals surface area contributed by atoms with Crippen molar-refractivity contribution in [2.75, 3.05) is 4.72 Å². The van der Waals surface area contributed by atoms with Crippen LogP contribution in [0.1, 0.15) is 11.1 Å². The van der Waals surface area contributed by atoms with Gasteiger partial charge in [-0.15, -0.1) is 0 Å². The summed E-state index contributed by atoms with van der Waals surface area (Å²) < 4.78 is 27.4. The number of benzene rings is 2. The topological polar surface area (TPSA) is 46.2 Å². The van der Waals surface area contributed by atoms with Gasteiger partial charge in [-0.1, -0.05) is 52.3 Å². The van der Waals surface area contributed by atoms with Gasteiger partial charge in [0, 0.05) is 5.33 Å². The summed E-state index contributed by atoms with van der Waals surface area (Å²) in [4.78, 5) is 0.305. The minimum absolute atomic E-state index is 0.305. The number of halogens is 1. The molecule has 0 radical (unpaired) electrons. The zero-order valence-electron chi connectivity index (χ0n) is 10.4. The summed E-state index contributed by atoms with van der Waals surface area (Å²) >= 11 is 3.35. The molecule has 0 saturated carbocycles. The molecule has 19 heavy (non-hydrogen) atoms. The molecule has 0 amide bonds. The molecule has 0 spiro atoms. The Morgan fingerprint density at radius 2 is 1.68 bits per heavy atom. The Balaban J connectivity index is 2.40. The van der Waals surface area contributed by atoms with Crippen LogP contribution in [-0.4, -0.2) is 8.42 Å². The Morgan fingerprint density at radius 3 is 2.37 bits per heavy atom. The Morgan fingerprint density at radius 1 is 1.05 bits per heavy atom. The minimum atomic E-state index is -3.55. The molecule has 2 rings (SSSR count). The van der Waals surface area contributed by atoms with Crippen LogP contribution in [0.25, 0.3) is 0 Å². The summed E-state index contributed by atoms with van der Waals surface area (Å²) in [7, 11) is -3.55. The number of nitrogens with one attached hydrogen (secondary N) is 1. The van der Waals surface area contributed by atoms with E-state index in [1.165, 1.54) is 0 Å². The Labute approximate surface area is 121 Å². The van der Waals surface area contributed by atoms with Crippen molar-refractivity contribution >= 4 is 31.6 Å². The summed E-state index contributed by atoms with van der Waals surface area (Å²) in [5.74, 6) is 0. The molecule has 0 aliphatic rings. The maximum Gasteiger partial charge on any atom is 0.262 e. The molecular weight excluding hydrogens is 326 g/mol. The Hall–Kier alpha value is -1.33. The molecule has 1 N–H and O–H groups in total. The van der Waals surface area contributed by atoms with Gasteiger partial charge >= 0.3 is 0 Å². The Bertz CT molecular complexity index is 683. The van der Waals surface area contributed by atoms with E-state index in [0.29, 0.717) is 15.9 Å². The largest absolute Gasteiger partial charge is 0.279 e. The normalized spacial score (nSPS) is 11.3. The van der Waals surface area contributed by atoms with Crippen LogP contribution in [0.3, 0.4) is 0 Å². The van der Waals surface area contributed by atoms with Gasteiger partial charge in [-0.05, 0) is 30.2 Å². The highest BCUT2D eigenvalue weighted by atomic mass is 79.9. The maximum absolute atomic E-state index is 12.4. The van der Waals surface area contributed by atoms with Gasteiger partial charge < -0.3 is 0 Å². The third-order valence-corrected chi connectivity index (χ3v) is 4.92. The monoisotopic (exact) mass is 339 g/mol. The van der Waals surface area contributed by atoms with E-state index in [0.717, 1.165) is 11.1 Å². The molecule has 2 aromatic carbocycles. The van der Waals surface area contributed by atoms with Crippen LogP contribution in [-0.2, 0) is 15.4 Å². The second-order valence-corrected chi connectivity index (χ2v) is 6.37. The number of rotatable bonds is 4. The number of para-hydroxylation sites is 1. The van der Waals surface area contributed by atoms with Gasteiger partial charge in [0.1, 0.15) is 0 Å². The molecule has 0 aromatic heterocycles. The molecule has 2 aromatic rings. The third kappa shape index (κ3) is 3.16. The van der Waals surface area contributed by atoms with Crippen molar-refractivity contribution in [3.05, 3.63) is 59.7 Å². The first kappa shape index (κ1) is 14.1. The Kier molecular flexibility index (Phi) is 4.27. The van der Waals surface area contributed by atoms with Crippen LogP contribution in [0.2, 0.25) is 0 Å². The molecule has 0 unspecified atom stereocenters. The van der Waals surface area contributed by atoms with Crippen molar-refractivity contribution in [2.24, 2.45) is 0 Å². The summed E-state index contributed by atoms with van der Waals surface area (Å²) in [5.41, 5.74) is 2.23. The van der Waals surface area contributed by atoms with E-state index in [9.17, 15) is 8.42 Å². The van der Waals surface area contributed by atoms with Crippen LogP contribution in [0.4, 0.5) is 5.69 Å². The number of anilines is 1. The lowest BCUT2D eigenvalue weighted by Gasteiger charge is -2.12. The van der Waals surface area contributed by atoms with Crippen LogP contribution in [0.5, 0.6) is 0 Å². The van der Waals surface area contributed by atoms with Gasteiger partial charge in [-0.3, -0.25) is 4.72 Å². The van der Waals surface area contributed by atoms with E-state index < -0.39 is 10.0 Å². The molecule has 0 atom stereocenters. The predicted octanol–water partition coefficient (Wildman–Crippen LogP) is 3.69. The second-order valence-electron chi connectivity index (χ2n) is 4.16. The molecule has 100 valence electrons. The molecular formula is C14H14BrNO2S. The molecule has 3 nitrogen and oxygen atoms in total. The first-order chi connectivity index (χ1) is 9.04. The first-order valence-corrected chi connectivity index (χ1v) is 8.37. The summed E-state index contributed by atoms with van der Waals surface area (Å²) in [6.45, 7) is 1.78. The van der Waals surface area contributed by atoms with Gasteiger partial charge in [-0.25, -0.2) is 8.42 Å². The summed E-state index contributed by atoms with van der Waals surface area (Å²) in [6, 6.07) is 14.2. The minimum Gasteiger partial charge on any atom is -0.279 e. The lowest BCUT2D eigenvalue weighted by Crippen LogP contribution is -2.15. The van der Waals surface area contributed by atoms with E-state index in [1.54, 1.807) is 31.2 Å². The quantitative estimate of drug-likeness (QED) is 0.863. The lowest BCUT2D eigenvalue weighted by atomic mass is 10.2. The average Bonchev–Trinajstić information content (AvgIpc) is 2.39. The van der Waals surface area contributed by atoms with Crippen molar-refractivity contribution in [1.82, 2.24) is 0 Å². The highest BCUT2D eigenvalue weighted by Crippen LogP contribution is 2.23. The van der Waals surface area contributed by atoms with Crippen LogP contribution < -0.4 is 4.72 Å². The molecule has 0 heterocycles. The van der Waals surface area contributed by atoms with E-state index in [2.05, 4.69) is 20.7 Å². The van der Waals surface area contributed by atoms with Gasteiger partial charge in [0.15, 0.2) is 0 Å². The number of hydrogen-bond donors (Lipinski definition) is 1. The fourth-order valence-electron chi connectivity index (χ4n) is 1.79. The number of hydrogen-bond acceptors (Lipinski definition) is 2. The van der Waals surface area contributed by atoms with Crippen LogP contribution in [0, 0.1) is 6.92 Å². The molecule has 0 bridgehead atoms. The van der Waals surface area contributed by atoms with E-state index in [4.69, 9.17) is 0 Å². The molecule has 5 heteroatoms. The predicted molar refractivity (Wildman–Crippen MR) is 81.1 cm³/mol. The third-order valence-electron chi connectivity index (χ3n) is 2.79. The standard InChI is InChI=1S/C14H14BrNO2S/c1-11-6-2-5-9-14(11)19(17,18)16-13-8-4-3-7-12(13)10-15/h2-9,16H,10H2,1H3. The fourth-order valence-corrected chi connectivity index (χ4v) is 3.63. The molecule has 0 saturated heterocycles. The zero-order valence-corrected chi connectivity index (χ0v) is 12.8. The van der Waals surface area contributed by atoms with Crippen molar-refractivity contribution < 1.29 is 8.42 Å². The van der Waals surface area contributed by atoms with Gasteiger partial charge in [0.25, 0.3) is 10.0 Å². The molecule has 0 fully saturated rings. The SMILES string of the molecule is Cc1ccccc1S(=O)(=O)Nc1ccccc1CBr. The number of alkyl halides is 1. The van der Waals surface area contributed by atoms with Crippen molar-refractivity contribution in [1.29, 1.82) is 0 Å². The van der Waals surface area contributed by atoms with Crippen LogP contribution >= 0.6 is 15.9 Å². The highest BCUT2D eigenvalue weighted by molar-refractivity contribution is 9.08. The van der Waals surface area contributed by atoms with Gasteiger partial charge in [0.2, 0.25) is 0 Å². The smallest absolute Gasteiger partial charge is 0.262 e. The molecule has 0 aliphatic carbocycles. The number of aryl methyl sites for hydroxylation is 1. The van der Waals surface area contributed by atoms with E-state index >= 15 is 0 Å². The van der Waals surface area contributed by atoms with Crippen molar-refractivity contribution in [3.8, 4) is 0 Å². The fraction of sp³-hybridized carbons (Fsp3) is 0.143. The second kappa shape index (κ2) is 5.75. The number of sulfonamides is 1. The van der Waals surface area contributed by atoms with Crippen LogP contribution in [0.15, 0.2) is 53.4 Å². The van der Waals surface area contributed by atoms with E-state index in [1.807, 2.05) is 24.3 Å². The zero-order chi connectivity index (χ0) is 13.9.